The van der Waals surface area contributed by atoms with Crippen molar-refractivity contribution in [1.29, 1.82) is 0 Å². The van der Waals surface area contributed by atoms with E-state index >= 15 is 0 Å². The fourth-order valence-electron chi connectivity index (χ4n) is 1.19. The zero-order chi connectivity index (χ0) is 10.2. The molecule has 2 N–H and O–H groups in total. The maximum absolute atomic E-state index is 8.80. The number of aliphatic hydroxyl groups excluding tert-OH is 1. The highest BCUT2D eigenvalue weighted by molar-refractivity contribution is 5.08. The van der Waals surface area contributed by atoms with Crippen molar-refractivity contribution in [2.45, 2.75) is 13.3 Å². The van der Waals surface area contributed by atoms with Gasteiger partial charge in [0.1, 0.15) is 0 Å². The van der Waals surface area contributed by atoms with Crippen molar-refractivity contribution < 1.29 is 5.11 Å². The average Bonchev–Trinajstić information content (AvgIpc) is 2.25. The van der Waals surface area contributed by atoms with Gasteiger partial charge in [-0.25, -0.2) is 0 Å². The molecular formula is C11H18N2O. The standard InChI is InChI=1S/C11H18N2O/c1-10(9-14)7-13-6-4-11-3-2-5-12-8-11/h2-3,5,8,10,13-14H,4,6-7,9H2,1H3. The molecule has 1 atom stereocenters. The van der Waals surface area contributed by atoms with E-state index in [0.717, 1.165) is 19.5 Å². The third kappa shape index (κ3) is 4.35. The lowest BCUT2D eigenvalue weighted by atomic mass is 10.2. The molecule has 0 aliphatic carbocycles. The molecule has 1 aromatic rings. The second-order valence-corrected chi connectivity index (χ2v) is 3.60. The fraction of sp³-hybridized carbons (Fsp3) is 0.545. The Hall–Kier alpha value is -0.930. The number of pyridine rings is 1. The van der Waals surface area contributed by atoms with Gasteiger partial charge in [0.15, 0.2) is 0 Å². The number of aliphatic hydroxyl groups is 1. The molecule has 1 unspecified atom stereocenters. The van der Waals surface area contributed by atoms with Gasteiger partial charge in [-0.2, -0.15) is 0 Å². The molecule has 0 fully saturated rings. The summed E-state index contributed by atoms with van der Waals surface area (Å²) in [5.41, 5.74) is 1.25. The first-order valence-electron chi connectivity index (χ1n) is 5.03. The van der Waals surface area contributed by atoms with E-state index in [1.807, 2.05) is 19.2 Å². The van der Waals surface area contributed by atoms with Gasteiger partial charge in [-0.3, -0.25) is 4.98 Å². The number of hydrogen-bond donors (Lipinski definition) is 2. The van der Waals surface area contributed by atoms with Crippen LogP contribution in [0, 0.1) is 5.92 Å². The van der Waals surface area contributed by atoms with Gasteiger partial charge in [0.05, 0.1) is 0 Å². The molecule has 0 radical (unpaired) electrons. The van der Waals surface area contributed by atoms with E-state index in [1.54, 1.807) is 6.20 Å². The van der Waals surface area contributed by atoms with Crippen LogP contribution in [0.2, 0.25) is 0 Å². The van der Waals surface area contributed by atoms with Crippen molar-refractivity contribution >= 4 is 0 Å². The van der Waals surface area contributed by atoms with E-state index in [0.29, 0.717) is 5.92 Å². The van der Waals surface area contributed by atoms with Crippen LogP contribution in [0.3, 0.4) is 0 Å². The van der Waals surface area contributed by atoms with E-state index < -0.39 is 0 Å². The van der Waals surface area contributed by atoms with Crippen molar-refractivity contribution in [1.82, 2.24) is 10.3 Å². The number of hydrogen-bond acceptors (Lipinski definition) is 3. The Balaban J connectivity index is 2.10. The molecule has 14 heavy (non-hydrogen) atoms. The molecule has 0 saturated carbocycles. The second-order valence-electron chi connectivity index (χ2n) is 3.60. The highest BCUT2D eigenvalue weighted by atomic mass is 16.3. The van der Waals surface area contributed by atoms with Crippen LogP contribution in [0.15, 0.2) is 24.5 Å². The number of nitrogens with zero attached hydrogens (tertiary/aromatic N) is 1. The zero-order valence-electron chi connectivity index (χ0n) is 8.61. The summed E-state index contributed by atoms with van der Waals surface area (Å²) in [6, 6.07) is 4.02. The minimum Gasteiger partial charge on any atom is -0.396 e. The Kier molecular flexibility index (Phi) is 5.19. The summed E-state index contributed by atoms with van der Waals surface area (Å²) < 4.78 is 0. The topological polar surface area (TPSA) is 45.1 Å². The van der Waals surface area contributed by atoms with Crippen molar-refractivity contribution in [3.8, 4) is 0 Å². The highest BCUT2D eigenvalue weighted by Crippen LogP contribution is 1.96. The Morgan fingerprint density at radius 3 is 3.07 bits per heavy atom. The van der Waals surface area contributed by atoms with Gasteiger partial charge >= 0.3 is 0 Å². The molecule has 0 amide bonds. The van der Waals surface area contributed by atoms with Crippen LogP contribution in [-0.4, -0.2) is 29.8 Å². The number of nitrogens with one attached hydrogen (secondary N) is 1. The summed E-state index contributed by atoms with van der Waals surface area (Å²) >= 11 is 0. The third-order valence-electron chi connectivity index (χ3n) is 2.12. The van der Waals surface area contributed by atoms with E-state index in [1.165, 1.54) is 5.56 Å². The van der Waals surface area contributed by atoms with E-state index in [2.05, 4.69) is 16.4 Å². The van der Waals surface area contributed by atoms with Crippen molar-refractivity contribution in [3.63, 3.8) is 0 Å². The van der Waals surface area contributed by atoms with Crippen LogP contribution in [0.1, 0.15) is 12.5 Å². The molecule has 3 nitrogen and oxygen atoms in total. The molecule has 0 aromatic carbocycles. The van der Waals surface area contributed by atoms with Gasteiger partial charge in [-0.05, 0) is 37.1 Å². The summed E-state index contributed by atoms with van der Waals surface area (Å²) in [5.74, 6) is 0.337. The summed E-state index contributed by atoms with van der Waals surface area (Å²) in [6.45, 7) is 4.09. The van der Waals surface area contributed by atoms with Crippen LogP contribution in [0.25, 0.3) is 0 Å². The van der Waals surface area contributed by atoms with Crippen LogP contribution in [-0.2, 0) is 6.42 Å². The first kappa shape index (κ1) is 11.1. The maximum atomic E-state index is 8.80. The molecule has 3 heteroatoms. The fourth-order valence-corrected chi connectivity index (χ4v) is 1.19. The minimum absolute atomic E-state index is 0.250. The molecule has 1 aromatic heterocycles. The summed E-state index contributed by atoms with van der Waals surface area (Å²) in [5, 5.41) is 12.1. The lowest BCUT2D eigenvalue weighted by molar-refractivity contribution is 0.234. The Labute approximate surface area is 85.2 Å². The largest absolute Gasteiger partial charge is 0.396 e. The summed E-state index contributed by atoms with van der Waals surface area (Å²) in [4.78, 5) is 4.05. The van der Waals surface area contributed by atoms with Crippen molar-refractivity contribution in [2.75, 3.05) is 19.7 Å². The summed E-state index contributed by atoms with van der Waals surface area (Å²) in [7, 11) is 0. The predicted molar refractivity (Wildman–Crippen MR) is 57.1 cm³/mol. The number of rotatable bonds is 6. The molecule has 0 aliphatic rings. The highest BCUT2D eigenvalue weighted by Gasteiger charge is 1.98. The molecule has 78 valence electrons. The van der Waals surface area contributed by atoms with Crippen LogP contribution in [0.4, 0.5) is 0 Å². The minimum atomic E-state index is 0.250. The SMILES string of the molecule is CC(CO)CNCCc1cccnc1. The van der Waals surface area contributed by atoms with Crippen LogP contribution < -0.4 is 5.32 Å². The summed E-state index contributed by atoms with van der Waals surface area (Å²) in [6.07, 6.45) is 4.66. The monoisotopic (exact) mass is 194 g/mol. The van der Waals surface area contributed by atoms with Crippen molar-refractivity contribution in [3.05, 3.63) is 30.1 Å². The van der Waals surface area contributed by atoms with E-state index in [4.69, 9.17) is 5.11 Å². The normalized spacial score (nSPS) is 12.7. The zero-order valence-corrected chi connectivity index (χ0v) is 8.61. The van der Waals surface area contributed by atoms with Gasteiger partial charge in [0.2, 0.25) is 0 Å². The van der Waals surface area contributed by atoms with Crippen LogP contribution in [0.5, 0.6) is 0 Å². The molecule has 0 spiro atoms. The van der Waals surface area contributed by atoms with Crippen molar-refractivity contribution in [2.24, 2.45) is 5.92 Å². The molecule has 1 heterocycles. The number of aromatic nitrogens is 1. The molecule has 1 rings (SSSR count). The lowest BCUT2D eigenvalue weighted by Crippen LogP contribution is -2.25. The quantitative estimate of drug-likeness (QED) is 0.660. The van der Waals surface area contributed by atoms with E-state index in [-0.39, 0.29) is 6.61 Å². The first-order valence-corrected chi connectivity index (χ1v) is 5.03. The second kappa shape index (κ2) is 6.51. The van der Waals surface area contributed by atoms with E-state index in [9.17, 15) is 0 Å². The van der Waals surface area contributed by atoms with Gasteiger partial charge < -0.3 is 10.4 Å². The molecule has 0 aliphatic heterocycles. The predicted octanol–water partition coefficient (Wildman–Crippen LogP) is 0.842. The smallest absolute Gasteiger partial charge is 0.0468 e. The van der Waals surface area contributed by atoms with Gasteiger partial charge in [0.25, 0.3) is 0 Å². The molecule has 0 bridgehead atoms. The molecule has 0 saturated heterocycles. The van der Waals surface area contributed by atoms with Gasteiger partial charge in [-0.15, -0.1) is 0 Å². The average molecular weight is 194 g/mol. The Morgan fingerprint density at radius 2 is 2.43 bits per heavy atom. The first-order chi connectivity index (χ1) is 6.83. The molecular weight excluding hydrogens is 176 g/mol. The van der Waals surface area contributed by atoms with Gasteiger partial charge in [0, 0.05) is 19.0 Å². The lowest BCUT2D eigenvalue weighted by Gasteiger charge is -2.08. The van der Waals surface area contributed by atoms with Gasteiger partial charge in [-0.1, -0.05) is 13.0 Å². The Bertz CT molecular complexity index is 238. The maximum Gasteiger partial charge on any atom is 0.0468 e. The Morgan fingerprint density at radius 1 is 1.57 bits per heavy atom. The third-order valence-corrected chi connectivity index (χ3v) is 2.12. The van der Waals surface area contributed by atoms with Crippen LogP contribution >= 0.6 is 0 Å².